The quantitative estimate of drug-likeness (QED) is 0.0813. The van der Waals surface area contributed by atoms with Crippen molar-refractivity contribution in [3.05, 3.63) is 24.3 Å². The number of ketones is 1. The molecule has 0 heterocycles. The zero-order valence-corrected chi connectivity index (χ0v) is 26.4. The summed E-state index contributed by atoms with van der Waals surface area (Å²) >= 11 is 6.04. The number of sulfonamides is 1. The molecule has 1 aromatic rings. The van der Waals surface area contributed by atoms with E-state index in [4.69, 9.17) is 11.6 Å². The lowest BCUT2D eigenvalue weighted by Gasteiger charge is -2.20. The number of unbranched alkanes of at least 4 members (excludes halogenated alkanes) is 15. The Hall–Kier alpha value is -1.44. The minimum atomic E-state index is -3.70. The van der Waals surface area contributed by atoms with Crippen LogP contribution in [0, 0.1) is 5.41 Å². The molecule has 39 heavy (non-hydrogen) atoms. The molecule has 0 bridgehead atoms. The summed E-state index contributed by atoms with van der Waals surface area (Å²) in [4.78, 5) is 24.7. The van der Waals surface area contributed by atoms with Gasteiger partial charge in [0.15, 0.2) is 11.2 Å². The van der Waals surface area contributed by atoms with Crippen LogP contribution >= 0.6 is 11.6 Å². The lowest BCUT2D eigenvalue weighted by molar-refractivity contribution is -0.130. The van der Waals surface area contributed by atoms with Crippen LogP contribution in [-0.4, -0.2) is 32.0 Å². The summed E-state index contributed by atoms with van der Waals surface area (Å²) in [6.45, 7) is 7.71. The molecule has 224 valence electrons. The van der Waals surface area contributed by atoms with Crippen molar-refractivity contribution >= 4 is 39.0 Å². The molecule has 0 unspecified atom stereocenters. The fourth-order valence-electron chi connectivity index (χ4n) is 4.41. The topological polar surface area (TPSA) is 92.3 Å². The van der Waals surface area contributed by atoms with Crippen LogP contribution in [0.2, 0.25) is 0 Å². The van der Waals surface area contributed by atoms with Crippen LogP contribution < -0.4 is 10.0 Å². The number of Topliss-reactive ketones (excluding diaryl/α,β-unsaturated/α-hetero) is 1. The molecule has 0 aliphatic heterocycles. The molecule has 1 atom stereocenters. The molecule has 0 fully saturated rings. The SMILES string of the molecule is CCCCCCCCCCCCCCCCCCNS(=O)(=O)c1cccc(NC(=O)[C@@H](Cl)C(=O)C(C)(C)C)c1. The zero-order chi connectivity index (χ0) is 29.2. The maximum absolute atomic E-state index is 12.7. The highest BCUT2D eigenvalue weighted by Crippen LogP contribution is 2.22. The summed E-state index contributed by atoms with van der Waals surface area (Å²) in [7, 11) is -3.70. The van der Waals surface area contributed by atoms with E-state index in [0.29, 0.717) is 6.54 Å². The van der Waals surface area contributed by atoms with E-state index in [1.807, 2.05) is 0 Å². The van der Waals surface area contributed by atoms with Gasteiger partial charge in [-0.25, -0.2) is 13.1 Å². The van der Waals surface area contributed by atoms with Crippen molar-refractivity contribution in [2.45, 2.75) is 141 Å². The predicted molar refractivity (Wildman–Crippen MR) is 164 cm³/mol. The minimum Gasteiger partial charge on any atom is -0.324 e. The molecular weight excluding hydrogens is 532 g/mol. The van der Waals surface area contributed by atoms with Crippen molar-refractivity contribution < 1.29 is 18.0 Å². The average Bonchev–Trinajstić information content (AvgIpc) is 2.89. The van der Waals surface area contributed by atoms with Crippen LogP contribution in [0.3, 0.4) is 0 Å². The number of anilines is 1. The van der Waals surface area contributed by atoms with E-state index in [-0.39, 0.29) is 10.6 Å². The fourth-order valence-corrected chi connectivity index (χ4v) is 5.91. The number of benzene rings is 1. The highest BCUT2D eigenvalue weighted by molar-refractivity contribution is 7.89. The summed E-state index contributed by atoms with van der Waals surface area (Å²) in [5.41, 5.74) is -0.483. The number of nitrogens with one attached hydrogen (secondary N) is 2. The number of hydrogen-bond donors (Lipinski definition) is 2. The molecule has 0 aliphatic rings. The van der Waals surface area contributed by atoms with Crippen molar-refractivity contribution in [2.75, 3.05) is 11.9 Å². The normalized spacial score (nSPS) is 12.8. The Kier molecular flexibility index (Phi) is 17.9. The second-order valence-electron chi connectivity index (χ2n) is 11.7. The van der Waals surface area contributed by atoms with Gasteiger partial charge in [0, 0.05) is 17.6 Å². The van der Waals surface area contributed by atoms with Gasteiger partial charge in [-0.2, -0.15) is 0 Å². The molecule has 2 N–H and O–H groups in total. The van der Waals surface area contributed by atoms with Crippen LogP contribution in [0.25, 0.3) is 0 Å². The van der Waals surface area contributed by atoms with Crippen LogP contribution in [0.15, 0.2) is 29.2 Å². The van der Waals surface area contributed by atoms with Crippen LogP contribution in [-0.2, 0) is 19.6 Å². The molecule has 6 nitrogen and oxygen atoms in total. The minimum absolute atomic E-state index is 0.0602. The second-order valence-corrected chi connectivity index (χ2v) is 13.9. The second kappa shape index (κ2) is 19.6. The number of rotatable bonds is 22. The molecule has 1 rings (SSSR count). The molecule has 1 amide bonds. The van der Waals surface area contributed by atoms with Crippen LogP contribution in [0.4, 0.5) is 5.69 Å². The summed E-state index contributed by atoms with van der Waals surface area (Å²) < 4.78 is 28.0. The first-order valence-corrected chi connectivity index (χ1v) is 17.0. The van der Waals surface area contributed by atoms with Gasteiger partial charge in [-0.1, -0.05) is 130 Å². The molecule has 0 spiro atoms. The summed E-state index contributed by atoms with van der Waals surface area (Å²) in [5, 5.41) is 1.20. The van der Waals surface area contributed by atoms with Crippen molar-refractivity contribution in [3.63, 3.8) is 0 Å². The van der Waals surface area contributed by atoms with Gasteiger partial charge >= 0.3 is 0 Å². The van der Waals surface area contributed by atoms with Gasteiger partial charge in [-0.3, -0.25) is 9.59 Å². The Balaban J connectivity index is 2.20. The lowest BCUT2D eigenvalue weighted by Crippen LogP contribution is -2.37. The van der Waals surface area contributed by atoms with E-state index in [2.05, 4.69) is 17.0 Å². The first kappa shape index (κ1) is 35.6. The summed E-state index contributed by atoms with van der Waals surface area (Å²) in [6, 6.07) is 5.97. The number of carbonyl (C=O) groups excluding carboxylic acids is 2. The Morgan fingerprint density at radius 3 is 1.72 bits per heavy atom. The van der Waals surface area contributed by atoms with Gasteiger partial charge in [0.25, 0.3) is 0 Å². The third-order valence-electron chi connectivity index (χ3n) is 6.93. The average molecular weight is 585 g/mol. The standard InChI is InChI=1S/C31H53ClN2O4S/c1-5-6-7-8-9-10-11-12-13-14-15-16-17-18-19-20-24-33-39(37,38)27-23-21-22-26(25-27)34-30(36)28(32)29(35)31(2,3)4/h21-23,25,28,33H,5-20,24H2,1-4H3,(H,34,36)/t28-/m0/s1. The third kappa shape index (κ3) is 15.8. The number of alkyl halides is 1. The summed E-state index contributed by atoms with van der Waals surface area (Å²) in [6.07, 6.45) is 20.4. The first-order valence-electron chi connectivity index (χ1n) is 15.1. The lowest BCUT2D eigenvalue weighted by atomic mass is 9.88. The van der Waals surface area contributed by atoms with E-state index in [1.54, 1.807) is 32.9 Å². The van der Waals surface area contributed by atoms with Gasteiger partial charge in [-0.05, 0) is 24.6 Å². The van der Waals surface area contributed by atoms with Gasteiger partial charge in [-0.15, -0.1) is 11.6 Å². The predicted octanol–water partition coefficient (Wildman–Crippen LogP) is 8.39. The molecule has 0 aliphatic carbocycles. The highest BCUT2D eigenvalue weighted by Gasteiger charge is 2.33. The van der Waals surface area contributed by atoms with E-state index in [1.165, 1.54) is 95.6 Å². The van der Waals surface area contributed by atoms with Gasteiger partial charge in [0.2, 0.25) is 15.9 Å². The Labute approximate surface area is 243 Å². The Morgan fingerprint density at radius 2 is 1.26 bits per heavy atom. The van der Waals surface area contributed by atoms with Crippen molar-refractivity contribution in [3.8, 4) is 0 Å². The van der Waals surface area contributed by atoms with E-state index >= 15 is 0 Å². The van der Waals surface area contributed by atoms with Gasteiger partial charge in [0.1, 0.15) is 0 Å². The van der Waals surface area contributed by atoms with E-state index < -0.39 is 32.5 Å². The molecule has 1 aromatic carbocycles. The maximum atomic E-state index is 12.7. The zero-order valence-electron chi connectivity index (χ0n) is 24.8. The highest BCUT2D eigenvalue weighted by atomic mass is 35.5. The fraction of sp³-hybridized carbons (Fsp3) is 0.742. The van der Waals surface area contributed by atoms with Crippen molar-refractivity contribution in [1.29, 1.82) is 0 Å². The number of amides is 1. The number of carbonyl (C=O) groups is 2. The Bertz CT molecular complexity index is 944. The largest absolute Gasteiger partial charge is 0.324 e. The number of hydrogen-bond acceptors (Lipinski definition) is 4. The molecule has 0 radical (unpaired) electrons. The molecule has 0 saturated heterocycles. The van der Waals surface area contributed by atoms with Crippen molar-refractivity contribution in [2.24, 2.45) is 5.41 Å². The molecule has 0 saturated carbocycles. The monoisotopic (exact) mass is 584 g/mol. The van der Waals surface area contributed by atoms with Gasteiger partial charge < -0.3 is 5.32 Å². The summed E-state index contributed by atoms with van der Waals surface area (Å²) in [5.74, 6) is -1.07. The Morgan fingerprint density at radius 1 is 0.795 bits per heavy atom. The van der Waals surface area contributed by atoms with Gasteiger partial charge in [0.05, 0.1) is 4.90 Å². The van der Waals surface area contributed by atoms with Crippen molar-refractivity contribution in [1.82, 2.24) is 4.72 Å². The van der Waals surface area contributed by atoms with E-state index in [0.717, 1.165) is 19.3 Å². The molecular formula is C31H53ClN2O4S. The molecule has 8 heteroatoms. The molecule has 0 aromatic heterocycles. The maximum Gasteiger partial charge on any atom is 0.250 e. The van der Waals surface area contributed by atoms with Crippen LogP contribution in [0.5, 0.6) is 0 Å². The van der Waals surface area contributed by atoms with Crippen LogP contribution in [0.1, 0.15) is 130 Å². The smallest absolute Gasteiger partial charge is 0.250 e. The third-order valence-corrected chi connectivity index (χ3v) is 8.79. The van der Waals surface area contributed by atoms with E-state index in [9.17, 15) is 18.0 Å². The number of halogens is 1. The first-order chi connectivity index (χ1) is 18.5.